The molecule has 0 aromatic carbocycles. The number of carbonyl (C=O) groups excluding carboxylic acids is 1. The molecule has 0 unspecified atom stereocenters. The summed E-state index contributed by atoms with van der Waals surface area (Å²) < 4.78 is 1.89. The van der Waals surface area contributed by atoms with E-state index >= 15 is 0 Å². The van der Waals surface area contributed by atoms with Crippen LogP contribution in [-0.4, -0.2) is 31.6 Å². The minimum Gasteiger partial charge on any atom is -0.367 e. The predicted molar refractivity (Wildman–Crippen MR) is 76.4 cm³/mol. The van der Waals surface area contributed by atoms with Crippen molar-refractivity contribution in [2.75, 3.05) is 0 Å². The summed E-state index contributed by atoms with van der Waals surface area (Å²) in [4.78, 5) is 17.5. The summed E-state index contributed by atoms with van der Waals surface area (Å²) in [7, 11) is 1.95. The summed E-state index contributed by atoms with van der Waals surface area (Å²) in [6.45, 7) is 4.72. The predicted octanol–water partition coefficient (Wildman–Crippen LogP) is 2.17. The first kappa shape index (κ1) is 13.0. The van der Waals surface area contributed by atoms with Gasteiger partial charge in [-0.3, -0.25) is 9.48 Å². The summed E-state index contributed by atoms with van der Waals surface area (Å²) in [5.41, 5.74) is 4.05. The molecule has 0 aliphatic heterocycles. The van der Waals surface area contributed by atoms with E-state index in [9.17, 15) is 4.79 Å². The van der Waals surface area contributed by atoms with Gasteiger partial charge in [0, 0.05) is 43.3 Å². The van der Waals surface area contributed by atoms with Crippen molar-refractivity contribution in [3.8, 4) is 0 Å². The van der Waals surface area contributed by atoms with Gasteiger partial charge in [0.1, 0.15) is 0 Å². The van der Waals surface area contributed by atoms with E-state index < -0.39 is 0 Å². The van der Waals surface area contributed by atoms with Crippen LogP contribution < -0.4 is 0 Å². The van der Waals surface area contributed by atoms with Gasteiger partial charge in [-0.15, -0.1) is 0 Å². The van der Waals surface area contributed by atoms with Crippen molar-refractivity contribution >= 4 is 5.91 Å². The molecule has 0 bridgehead atoms. The third kappa shape index (κ3) is 2.24. The molecule has 0 radical (unpaired) electrons. The van der Waals surface area contributed by atoms with Crippen molar-refractivity contribution < 1.29 is 4.79 Å². The van der Waals surface area contributed by atoms with Crippen molar-refractivity contribution in [3.05, 3.63) is 41.0 Å². The molecule has 1 aliphatic carbocycles. The second-order valence-corrected chi connectivity index (χ2v) is 5.54. The van der Waals surface area contributed by atoms with E-state index in [0.29, 0.717) is 12.6 Å². The van der Waals surface area contributed by atoms with Gasteiger partial charge in [0.05, 0.1) is 11.3 Å². The fourth-order valence-electron chi connectivity index (χ4n) is 2.59. The van der Waals surface area contributed by atoms with Gasteiger partial charge in [0.2, 0.25) is 0 Å². The lowest BCUT2D eigenvalue weighted by Crippen LogP contribution is -2.32. The average molecular weight is 272 g/mol. The smallest absolute Gasteiger partial charge is 0.255 e. The molecule has 2 aromatic rings. The third-order valence-electron chi connectivity index (χ3n) is 4.08. The van der Waals surface area contributed by atoms with Crippen molar-refractivity contribution in [2.24, 2.45) is 7.05 Å². The van der Waals surface area contributed by atoms with Crippen LogP contribution in [0, 0.1) is 13.8 Å². The van der Waals surface area contributed by atoms with E-state index in [-0.39, 0.29) is 5.91 Å². The Bertz CT molecular complexity index is 623. The van der Waals surface area contributed by atoms with Crippen LogP contribution in [0.25, 0.3) is 0 Å². The topological polar surface area (TPSA) is 53.9 Å². The quantitative estimate of drug-likeness (QED) is 0.927. The van der Waals surface area contributed by atoms with Gasteiger partial charge < -0.3 is 9.88 Å². The zero-order chi connectivity index (χ0) is 14.3. The van der Waals surface area contributed by atoms with Gasteiger partial charge in [-0.25, -0.2) is 0 Å². The Hall–Kier alpha value is -2.04. The molecule has 2 heterocycles. The number of H-pyrrole nitrogens is 1. The molecule has 5 nitrogen and oxygen atoms in total. The highest BCUT2D eigenvalue weighted by atomic mass is 16.2. The molecule has 0 saturated heterocycles. The highest BCUT2D eigenvalue weighted by molar-refractivity contribution is 5.94. The largest absolute Gasteiger partial charge is 0.367 e. The monoisotopic (exact) mass is 272 g/mol. The van der Waals surface area contributed by atoms with Crippen molar-refractivity contribution in [1.82, 2.24) is 19.7 Å². The van der Waals surface area contributed by atoms with Crippen LogP contribution >= 0.6 is 0 Å². The van der Waals surface area contributed by atoms with E-state index in [1.165, 1.54) is 5.56 Å². The Labute approximate surface area is 118 Å². The third-order valence-corrected chi connectivity index (χ3v) is 4.08. The van der Waals surface area contributed by atoms with Gasteiger partial charge in [0.25, 0.3) is 5.91 Å². The standard InChI is InChI=1S/C15H20N4O/c1-10-14(11(2)18(3)17-10)9-19(13-4-5-13)15(20)12-6-7-16-8-12/h6-8,13,16H,4-5,9H2,1-3H3. The SMILES string of the molecule is Cc1nn(C)c(C)c1CN(C(=O)c1cc[nH]c1)C1CC1. The first-order chi connectivity index (χ1) is 9.58. The Morgan fingerprint density at radius 3 is 2.75 bits per heavy atom. The fourth-order valence-corrected chi connectivity index (χ4v) is 2.59. The number of nitrogens with one attached hydrogen (secondary N) is 1. The number of aryl methyl sites for hydroxylation is 2. The van der Waals surface area contributed by atoms with E-state index in [1.54, 1.807) is 12.4 Å². The summed E-state index contributed by atoms with van der Waals surface area (Å²) >= 11 is 0. The van der Waals surface area contributed by atoms with Gasteiger partial charge in [-0.05, 0) is 32.8 Å². The summed E-state index contributed by atoms with van der Waals surface area (Å²) in [5.74, 6) is 0.108. The molecule has 1 amide bonds. The zero-order valence-electron chi connectivity index (χ0n) is 12.2. The van der Waals surface area contributed by atoms with Crippen LogP contribution in [0.1, 0.15) is 40.2 Å². The average Bonchev–Trinajstić information content (AvgIpc) is 3.05. The number of nitrogens with zero attached hydrogens (tertiary/aromatic N) is 3. The fraction of sp³-hybridized carbons (Fsp3) is 0.467. The van der Waals surface area contributed by atoms with Gasteiger partial charge in [0.15, 0.2) is 0 Å². The molecule has 2 aromatic heterocycles. The van der Waals surface area contributed by atoms with Gasteiger partial charge in [-0.2, -0.15) is 5.10 Å². The Balaban J connectivity index is 1.87. The van der Waals surface area contributed by atoms with Crippen LogP contribution in [0.4, 0.5) is 0 Å². The first-order valence-electron chi connectivity index (χ1n) is 7.00. The minimum absolute atomic E-state index is 0.108. The molecule has 1 fully saturated rings. The van der Waals surface area contributed by atoms with Crippen molar-refractivity contribution in [2.45, 2.75) is 39.3 Å². The van der Waals surface area contributed by atoms with E-state index in [4.69, 9.17) is 0 Å². The van der Waals surface area contributed by atoms with E-state index in [0.717, 1.165) is 29.8 Å². The Morgan fingerprint density at radius 2 is 2.25 bits per heavy atom. The summed E-state index contributed by atoms with van der Waals surface area (Å²) in [6, 6.07) is 2.22. The molecule has 0 spiro atoms. The molecule has 1 aliphatic rings. The number of amides is 1. The number of rotatable bonds is 4. The molecule has 1 saturated carbocycles. The number of aromatic nitrogens is 3. The van der Waals surface area contributed by atoms with Gasteiger partial charge in [-0.1, -0.05) is 0 Å². The Morgan fingerprint density at radius 1 is 1.50 bits per heavy atom. The summed E-state index contributed by atoms with van der Waals surface area (Å²) in [5, 5.41) is 4.44. The lowest BCUT2D eigenvalue weighted by atomic mass is 10.1. The molecule has 3 rings (SSSR count). The molecule has 1 N–H and O–H groups in total. The maximum Gasteiger partial charge on any atom is 0.255 e. The minimum atomic E-state index is 0.108. The van der Waals surface area contributed by atoms with Crippen LogP contribution in [0.15, 0.2) is 18.5 Å². The maximum absolute atomic E-state index is 12.6. The van der Waals surface area contributed by atoms with E-state index in [2.05, 4.69) is 17.0 Å². The zero-order valence-corrected chi connectivity index (χ0v) is 12.2. The van der Waals surface area contributed by atoms with E-state index in [1.807, 2.05) is 29.6 Å². The Kier molecular flexibility index (Phi) is 3.12. The molecule has 20 heavy (non-hydrogen) atoms. The number of hydrogen-bond donors (Lipinski definition) is 1. The number of carbonyl (C=O) groups is 1. The van der Waals surface area contributed by atoms with Crippen LogP contribution in [0.3, 0.4) is 0 Å². The molecule has 106 valence electrons. The van der Waals surface area contributed by atoms with Gasteiger partial charge >= 0.3 is 0 Å². The normalized spacial score (nSPS) is 14.6. The lowest BCUT2D eigenvalue weighted by Gasteiger charge is -2.22. The summed E-state index contributed by atoms with van der Waals surface area (Å²) in [6.07, 6.45) is 5.77. The molecule has 0 atom stereocenters. The highest BCUT2D eigenvalue weighted by Crippen LogP contribution is 2.30. The lowest BCUT2D eigenvalue weighted by molar-refractivity contribution is 0.0729. The van der Waals surface area contributed by atoms with Crippen LogP contribution in [-0.2, 0) is 13.6 Å². The van der Waals surface area contributed by atoms with Crippen LogP contribution in [0.5, 0.6) is 0 Å². The molecule has 5 heteroatoms. The van der Waals surface area contributed by atoms with Crippen molar-refractivity contribution in [1.29, 1.82) is 0 Å². The second-order valence-electron chi connectivity index (χ2n) is 5.54. The second kappa shape index (κ2) is 4.81. The maximum atomic E-state index is 12.6. The molecular formula is C15H20N4O. The molecular weight excluding hydrogens is 252 g/mol. The van der Waals surface area contributed by atoms with Crippen molar-refractivity contribution in [3.63, 3.8) is 0 Å². The highest BCUT2D eigenvalue weighted by Gasteiger charge is 2.34. The van der Waals surface area contributed by atoms with Crippen LogP contribution in [0.2, 0.25) is 0 Å². The number of hydrogen-bond acceptors (Lipinski definition) is 2. The number of aromatic amines is 1. The first-order valence-corrected chi connectivity index (χ1v) is 7.00.